The van der Waals surface area contributed by atoms with E-state index in [4.69, 9.17) is 0 Å². The second-order valence-electron chi connectivity index (χ2n) is 7.14. The quantitative estimate of drug-likeness (QED) is 0.907. The van der Waals surface area contributed by atoms with E-state index >= 15 is 0 Å². The van der Waals surface area contributed by atoms with Gasteiger partial charge in [-0.1, -0.05) is 0 Å². The van der Waals surface area contributed by atoms with E-state index in [-0.39, 0.29) is 10.8 Å². The number of nitrogens with zero attached hydrogens (tertiary/aromatic N) is 3. The maximum Gasteiger partial charge on any atom is 0.321 e. The Balaban J connectivity index is 1.74. The van der Waals surface area contributed by atoms with Crippen LogP contribution in [0.2, 0.25) is 0 Å². The highest BCUT2D eigenvalue weighted by Crippen LogP contribution is 2.23. The number of fused-ring (bicyclic) bond motifs is 1. The van der Waals surface area contributed by atoms with Gasteiger partial charge in [-0.2, -0.15) is 5.10 Å². The molecule has 7 heteroatoms. The first kappa shape index (κ1) is 17.0. The molecule has 24 heavy (non-hydrogen) atoms. The largest absolute Gasteiger partial charge is 0.322 e. The molecule has 1 fully saturated rings. The molecule has 2 heterocycles. The third kappa shape index (κ3) is 3.31. The van der Waals surface area contributed by atoms with Crippen molar-refractivity contribution in [3.8, 4) is 0 Å². The summed E-state index contributed by atoms with van der Waals surface area (Å²) < 4.78 is 13.5. The van der Waals surface area contributed by atoms with Gasteiger partial charge in [-0.15, -0.1) is 0 Å². The van der Waals surface area contributed by atoms with Crippen molar-refractivity contribution >= 4 is 33.4 Å². The normalized spacial score (nSPS) is 20.5. The van der Waals surface area contributed by atoms with Gasteiger partial charge in [0.15, 0.2) is 0 Å². The van der Waals surface area contributed by atoms with E-state index in [0.717, 1.165) is 16.6 Å². The number of hydrogen-bond acceptors (Lipinski definition) is 3. The lowest BCUT2D eigenvalue weighted by atomic mass is 10.2. The van der Waals surface area contributed by atoms with Crippen LogP contribution in [0.5, 0.6) is 0 Å². The van der Waals surface area contributed by atoms with Gasteiger partial charge in [0.05, 0.1) is 10.3 Å². The molecule has 130 valence electrons. The van der Waals surface area contributed by atoms with Gasteiger partial charge < -0.3 is 10.2 Å². The van der Waals surface area contributed by atoms with E-state index in [1.165, 1.54) is 0 Å². The van der Waals surface area contributed by atoms with Crippen molar-refractivity contribution in [2.24, 2.45) is 0 Å². The summed E-state index contributed by atoms with van der Waals surface area (Å²) in [5, 5.41) is 8.46. The van der Waals surface area contributed by atoms with Crippen LogP contribution in [-0.4, -0.2) is 48.5 Å². The molecule has 0 bridgehead atoms. The minimum absolute atomic E-state index is 0.143. The molecule has 1 N–H and O–H groups in total. The third-order valence-corrected chi connectivity index (χ3v) is 6.24. The summed E-state index contributed by atoms with van der Waals surface area (Å²) in [7, 11) is -0.887. The molecule has 1 aliphatic heterocycles. The second kappa shape index (κ2) is 6.20. The standard InChI is InChI=1S/C17H24N4O2S/c1-12(2)21-10-13-9-14(5-6-15(13)19-21)18-16(22)20-7-8-24(23)17(3,4)11-20/h5-6,9-10,12H,7-8,11H2,1-4H3,(H,18,22). The Hall–Kier alpha value is -1.89. The predicted octanol–water partition coefficient (Wildman–Crippen LogP) is 2.99. The number of carbonyl (C=O) groups is 1. The van der Waals surface area contributed by atoms with Crippen LogP contribution >= 0.6 is 0 Å². The lowest BCUT2D eigenvalue weighted by Crippen LogP contribution is -2.53. The molecule has 1 aromatic heterocycles. The first-order valence-electron chi connectivity index (χ1n) is 8.19. The van der Waals surface area contributed by atoms with E-state index < -0.39 is 10.8 Å². The highest BCUT2D eigenvalue weighted by molar-refractivity contribution is 7.86. The molecule has 0 spiro atoms. The van der Waals surface area contributed by atoms with Gasteiger partial charge in [0.25, 0.3) is 0 Å². The Bertz CT molecular complexity index is 797. The summed E-state index contributed by atoms with van der Waals surface area (Å²) in [5.41, 5.74) is 1.66. The maximum absolute atomic E-state index is 12.5. The van der Waals surface area contributed by atoms with Gasteiger partial charge in [-0.25, -0.2) is 4.79 Å². The Morgan fingerprint density at radius 2 is 2.12 bits per heavy atom. The number of aromatic nitrogens is 2. The van der Waals surface area contributed by atoms with Crippen LogP contribution in [0, 0.1) is 0 Å². The number of nitrogens with one attached hydrogen (secondary N) is 1. The van der Waals surface area contributed by atoms with Crippen LogP contribution in [0.15, 0.2) is 24.4 Å². The third-order valence-electron chi connectivity index (χ3n) is 4.32. The highest BCUT2D eigenvalue weighted by Gasteiger charge is 2.35. The van der Waals surface area contributed by atoms with Gasteiger partial charge in [0.1, 0.15) is 0 Å². The van der Waals surface area contributed by atoms with Crippen molar-refractivity contribution in [1.29, 1.82) is 0 Å². The number of carbonyl (C=O) groups excluding carboxylic acids is 1. The first-order chi connectivity index (χ1) is 11.3. The van der Waals surface area contributed by atoms with Crippen molar-refractivity contribution in [2.45, 2.75) is 38.5 Å². The molecule has 1 saturated heterocycles. The molecule has 2 amide bonds. The summed E-state index contributed by atoms with van der Waals surface area (Å²) in [4.78, 5) is 14.2. The van der Waals surface area contributed by atoms with Crippen LogP contribution in [0.4, 0.5) is 10.5 Å². The van der Waals surface area contributed by atoms with Crippen LogP contribution in [-0.2, 0) is 10.8 Å². The number of amides is 2. The molecular weight excluding hydrogens is 324 g/mol. The molecule has 3 rings (SSSR count). The summed E-state index contributed by atoms with van der Waals surface area (Å²) in [6.07, 6.45) is 1.99. The van der Waals surface area contributed by atoms with Crippen LogP contribution < -0.4 is 5.32 Å². The summed E-state index contributed by atoms with van der Waals surface area (Å²) in [5.74, 6) is 0.528. The minimum Gasteiger partial charge on any atom is -0.322 e. The number of benzene rings is 1. The molecule has 0 saturated carbocycles. The zero-order valence-electron chi connectivity index (χ0n) is 14.6. The predicted molar refractivity (Wildman–Crippen MR) is 97.8 cm³/mol. The summed E-state index contributed by atoms with van der Waals surface area (Å²) in [6, 6.07) is 5.87. The Morgan fingerprint density at radius 3 is 2.79 bits per heavy atom. The fourth-order valence-electron chi connectivity index (χ4n) is 2.84. The van der Waals surface area contributed by atoms with E-state index in [1.54, 1.807) is 4.90 Å². The fourth-order valence-corrected chi connectivity index (χ4v) is 4.08. The zero-order chi connectivity index (χ0) is 17.5. The molecule has 1 unspecified atom stereocenters. The molecule has 2 aromatic rings. The van der Waals surface area contributed by atoms with E-state index in [0.29, 0.717) is 24.9 Å². The van der Waals surface area contributed by atoms with Crippen LogP contribution in [0.3, 0.4) is 0 Å². The maximum atomic E-state index is 12.5. The molecule has 1 aliphatic rings. The molecule has 0 radical (unpaired) electrons. The second-order valence-corrected chi connectivity index (χ2v) is 9.34. The van der Waals surface area contributed by atoms with Gasteiger partial charge in [-0.05, 0) is 45.9 Å². The SMILES string of the molecule is CC(C)n1cc2cc(NC(=O)N3CCS(=O)C(C)(C)C3)ccc2n1. The number of anilines is 1. The smallest absolute Gasteiger partial charge is 0.321 e. The average molecular weight is 348 g/mol. The van der Waals surface area contributed by atoms with Gasteiger partial charge in [-0.3, -0.25) is 8.89 Å². The minimum atomic E-state index is -0.887. The van der Waals surface area contributed by atoms with Crippen LogP contribution in [0.1, 0.15) is 33.7 Å². The average Bonchev–Trinajstić information content (AvgIpc) is 2.93. The highest BCUT2D eigenvalue weighted by atomic mass is 32.2. The van der Waals surface area contributed by atoms with Gasteiger partial charge in [0, 0.05) is 53.0 Å². The summed E-state index contributed by atoms with van der Waals surface area (Å²) >= 11 is 0. The lowest BCUT2D eigenvalue weighted by molar-refractivity contribution is 0.207. The van der Waals surface area contributed by atoms with Gasteiger partial charge >= 0.3 is 6.03 Å². The number of urea groups is 1. The van der Waals surface area contributed by atoms with E-state index in [1.807, 2.05) is 42.9 Å². The first-order valence-corrected chi connectivity index (χ1v) is 9.51. The number of rotatable bonds is 2. The van der Waals surface area contributed by atoms with Crippen LogP contribution in [0.25, 0.3) is 10.9 Å². The van der Waals surface area contributed by atoms with Crippen molar-refractivity contribution in [3.63, 3.8) is 0 Å². The van der Waals surface area contributed by atoms with Crippen molar-refractivity contribution < 1.29 is 9.00 Å². The summed E-state index contributed by atoms with van der Waals surface area (Å²) in [6.45, 7) is 9.06. The zero-order valence-corrected chi connectivity index (χ0v) is 15.4. The molecule has 1 atom stereocenters. The Labute approximate surface area is 144 Å². The van der Waals surface area contributed by atoms with E-state index in [9.17, 15) is 9.00 Å². The van der Waals surface area contributed by atoms with Crippen molar-refractivity contribution in [1.82, 2.24) is 14.7 Å². The van der Waals surface area contributed by atoms with Crippen molar-refractivity contribution in [2.75, 3.05) is 24.2 Å². The molecular formula is C17H24N4O2S. The fraction of sp³-hybridized carbons (Fsp3) is 0.529. The van der Waals surface area contributed by atoms with Crippen molar-refractivity contribution in [3.05, 3.63) is 24.4 Å². The van der Waals surface area contributed by atoms with E-state index in [2.05, 4.69) is 24.3 Å². The Morgan fingerprint density at radius 1 is 1.38 bits per heavy atom. The molecule has 1 aromatic carbocycles. The Kier molecular flexibility index (Phi) is 4.38. The number of hydrogen-bond donors (Lipinski definition) is 1. The van der Waals surface area contributed by atoms with Gasteiger partial charge in [0.2, 0.25) is 0 Å². The topological polar surface area (TPSA) is 67.2 Å². The molecule has 0 aliphatic carbocycles. The lowest BCUT2D eigenvalue weighted by Gasteiger charge is -2.37. The molecule has 6 nitrogen and oxygen atoms in total. The monoisotopic (exact) mass is 348 g/mol.